The van der Waals surface area contributed by atoms with Crippen molar-refractivity contribution in [3.8, 4) is 0 Å². The zero-order valence-electron chi connectivity index (χ0n) is 15.4. The van der Waals surface area contributed by atoms with Gasteiger partial charge in [-0.3, -0.25) is 4.72 Å². The van der Waals surface area contributed by atoms with Gasteiger partial charge in [-0.15, -0.1) is 0 Å². The Hall–Kier alpha value is -3.01. The molecule has 148 valence electrons. The second-order valence-corrected chi connectivity index (χ2v) is 7.96. The van der Waals surface area contributed by atoms with E-state index < -0.39 is 21.7 Å². The van der Waals surface area contributed by atoms with E-state index in [1.165, 1.54) is 12.3 Å². The topological polar surface area (TPSA) is 88.3 Å². The average Bonchev–Trinajstić information content (AvgIpc) is 2.92. The van der Waals surface area contributed by atoms with Crippen molar-refractivity contribution >= 4 is 21.5 Å². The Balaban J connectivity index is 1.77. The van der Waals surface area contributed by atoms with E-state index in [1.807, 2.05) is 18.7 Å². The molecule has 7 nitrogen and oxygen atoms in total. The molecule has 0 amide bonds. The fourth-order valence-electron chi connectivity index (χ4n) is 2.63. The number of benzene rings is 1. The third-order valence-electron chi connectivity index (χ3n) is 4.11. The smallest absolute Gasteiger partial charge is 0.263 e. The van der Waals surface area contributed by atoms with Crippen LogP contribution in [0.1, 0.15) is 17.0 Å². The van der Waals surface area contributed by atoms with Crippen LogP contribution < -0.4 is 9.62 Å². The Morgan fingerprint density at radius 2 is 1.82 bits per heavy atom. The Bertz CT molecular complexity index is 1060. The lowest BCUT2D eigenvalue weighted by Gasteiger charge is -2.18. The van der Waals surface area contributed by atoms with E-state index in [0.717, 1.165) is 23.4 Å². The molecular formula is C18H18F2N4O3S. The van der Waals surface area contributed by atoms with Crippen molar-refractivity contribution in [2.24, 2.45) is 0 Å². The van der Waals surface area contributed by atoms with Crippen LogP contribution in [-0.4, -0.2) is 25.6 Å². The lowest BCUT2D eigenvalue weighted by atomic mass is 10.2. The summed E-state index contributed by atoms with van der Waals surface area (Å²) in [5.74, 6) is -0.523. The fourth-order valence-corrected chi connectivity index (χ4v) is 3.61. The summed E-state index contributed by atoms with van der Waals surface area (Å²) in [6, 6.07) is 5.34. The number of anilines is 2. The molecule has 0 spiro atoms. The number of pyridine rings is 1. The van der Waals surface area contributed by atoms with Gasteiger partial charge in [0.1, 0.15) is 28.1 Å². The van der Waals surface area contributed by atoms with Gasteiger partial charge in [0.2, 0.25) is 0 Å². The highest BCUT2D eigenvalue weighted by Gasteiger charge is 2.17. The van der Waals surface area contributed by atoms with Crippen LogP contribution in [0.15, 0.2) is 45.9 Å². The van der Waals surface area contributed by atoms with Gasteiger partial charge in [0.25, 0.3) is 10.0 Å². The summed E-state index contributed by atoms with van der Waals surface area (Å²) in [5, 5.41) is 3.90. The lowest BCUT2D eigenvalue weighted by molar-refractivity contribution is 0.392. The molecule has 0 radical (unpaired) electrons. The first-order valence-corrected chi connectivity index (χ1v) is 9.72. The normalized spacial score (nSPS) is 11.5. The summed E-state index contributed by atoms with van der Waals surface area (Å²) >= 11 is 0. The van der Waals surface area contributed by atoms with Crippen molar-refractivity contribution in [2.75, 3.05) is 16.7 Å². The molecule has 10 heteroatoms. The Labute approximate surface area is 161 Å². The SMILES string of the molecule is Cc1noc(C)c1CN(C)c1ccc(S(=O)(=O)Nc2cc(F)cc(F)c2)cn1. The molecule has 1 N–H and O–H groups in total. The third-order valence-corrected chi connectivity index (χ3v) is 5.48. The number of nitrogens with one attached hydrogen (secondary N) is 1. The molecule has 3 rings (SSSR count). The van der Waals surface area contributed by atoms with Gasteiger partial charge in [0.15, 0.2) is 0 Å². The molecule has 0 fully saturated rings. The van der Waals surface area contributed by atoms with E-state index in [0.29, 0.717) is 24.2 Å². The summed E-state index contributed by atoms with van der Waals surface area (Å²) < 4.78 is 58.6. The van der Waals surface area contributed by atoms with Crippen LogP contribution in [0.25, 0.3) is 0 Å². The van der Waals surface area contributed by atoms with Gasteiger partial charge >= 0.3 is 0 Å². The van der Waals surface area contributed by atoms with E-state index in [1.54, 1.807) is 13.1 Å². The number of nitrogens with zero attached hydrogens (tertiary/aromatic N) is 3. The summed E-state index contributed by atoms with van der Waals surface area (Å²) in [4.78, 5) is 5.85. The van der Waals surface area contributed by atoms with Crippen molar-refractivity contribution in [1.82, 2.24) is 10.1 Å². The average molecular weight is 408 g/mol. The van der Waals surface area contributed by atoms with Crippen LogP contribution >= 0.6 is 0 Å². The van der Waals surface area contributed by atoms with Gasteiger partial charge in [0.05, 0.1) is 11.4 Å². The van der Waals surface area contributed by atoms with Crippen LogP contribution in [-0.2, 0) is 16.6 Å². The number of rotatable bonds is 6. The Morgan fingerprint density at radius 1 is 1.14 bits per heavy atom. The molecule has 2 aromatic heterocycles. The number of aryl methyl sites for hydroxylation is 2. The van der Waals surface area contributed by atoms with Gasteiger partial charge in [-0.2, -0.15) is 0 Å². The van der Waals surface area contributed by atoms with Crippen molar-refractivity contribution in [3.63, 3.8) is 0 Å². The number of sulfonamides is 1. The Morgan fingerprint density at radius 3 is 2.36 bits per heavy atom. The highest BCUT2D eigenvalue weighted by Crippen LogP contribution is 2.21. The monoisotopic (exact) mass is 408 g/mol. The molecule has 0 saturated heterocycles. The molecular weight excluding hydrogens is 390 g/mol. The molecule has 0 aliphatic heterocycles. The first-order valence-electron chi connectivity index (χ1n) is 8.23. The quantitative estimate of drug-likeness (QED) is 0.673. The molecule has 0 atom stereocenters. The zero-order chi connectivity index (χ0) is 20.5. The molecule has 0 aliphatic rings. The standard InChI is InChI=1S/C18H18F2N4O3S/c1-11-17(12(2)27-22-11)10-24(3)18-5-4-16(9-21-18)28(25,26)23-15-7-13(19)6-14(20)8-15/h4-9,23H,10H2,1-3H3. The molecule has 0 unspecified atom stereocenters. The minimum Gasteiger partial charge on any atom is -0.361 e. The molecule has 1 aromatic carbocycles. The number of hydrogen-bond acceptors (Lipinski definition) is 6. The van der Waals surface area contributed by atoms with Crippen LogP contribution in [0.2, 0.25) is 0 Å². The molecule has 0 bridgehead atoms. The number of halogens is 2. The summed E-state index contributed by atoms with van der Waals surface area (Å²) in [6.45, 7) is 4.14. The third kappa shape index (κ3) is 4.28. The molecule has 3 aromatic rings. The van der Waals surface area contributed by atoms with Gasteiger partial charge in [0, 0.05) is 31.4 Å². The fraction of sp³-hybridized carbons (Fsp3) is 0.222. The summed E-state index contributed by atoms with van der Waals surface area (Å²) in [6.07, 6.45) is 1.18. The minimum atomic E-state index is -4.04. The second-order valence-electron chi connectivity index (χ2n) is 6.27. The Kier molecular flexibility index (Phi) is 5.32. The van der Waals surface area contributed by atoms with E-state index >= 15 is 0 Å². The van der Waals surface area contributed by atoms with Crippen molar-refractivity contribution in [3.05, 3.63) is 65.2 Å². The predicted octanol–water partition coefficient (Wildman–Crippen LogP) is 3.40. The van der Waals surface area contributed by atoms with Crippen LogP contribution in [0.4, 0.5) is 20.3 Å². The maximum Gasteiger partial charge on any atom is 0.263 e. The highest BCUT2D eigenvalue weighted by molar-refractivity contribution is 7.92. The highest BCUT2D eigenvalue weighted by atomic mass is 32.2. The second kappa shape index (κ2) is 7.55. The predicted molar refractivity (Wildman–Crippen MR) is 99.5 cm³/mol. The van der Waals surface area contributed by atoms with Crippen LogP contribution in [0.3, 0.4) is 0 Å². The maximum absolute atomic E-state index is 13.3. The first kappa shape index (κ1) is 19.7. The maximum atomic E-state index is 13.3. The number of hydrogen-bond donors (Lipinski definition) is 1. The molecule has 0 saturated carbocycles. The summed E-state index contributed by atoms with van der Waals surface area (Å²) in [7, 11) is -2.24. The van der Waals surface area contributed by atoms with Gasteiger partial charge in [-0.05, 0) is 38.1 Å². The molecule has 28 heavy (non-hydrogen) atoms. The van der Waals surface area contributed by atoms with Crippen molar-refractivity contribution in [1.29, 1.82) is 0 Å². The largest absolute Gasteiger partial charge is 0.361 e. The summed E-state index contributed by atoms with van der Waals surface area (Å²) in [5.41, 5.74) is 1.49. The van der Waals surface area contributed by atoms with Crippen molar-refractivity contribution in [2.45, 2.75) is 25.3 Å². The van der Waals surface area contributed by atoms with E-state index in [-0.39, 0.29) is 10.6 Å². The first-order chi connectivity index (χ1) is 13.2. The zero-order valence-corrected chi connectivity index (χ0v) is 16.2. The molecule has 0 aliphatic carbocycles. The van der Waals surface area contributed by atoms with Crippen molar-refractivity contribution < 1.29 is 21.7 Å². The van der Waals surface area contributed by atoms with Gasteiger partial charge in [-0.25, -0.2) is 22.2 Å². The van der Waals surface area contributed by atoms with E-state index in [2.05, 4.69) is 14.9 Å². The minimum absolute atomic E-state index is 0.133. The van der Waals surface area contributed by atoms with Crippen LogP contribution in [0, 0.1) is 25.5 Å². The van der Waals surface area contributed by atoms with Gasteiger partial charge in [-0.1, -0.05) is 5.16 Å². The van der Waals surface area contributed by atoms with E-state index in [9.17, 15) is 17.2 Å². The van der Waals surface area contributed by atoms with E-state index in [4.69, 9.17) is 4.52 Å². The number of aromatic nitrogens is 2. The van der Waals surface area contributed by atoms with Gasteiger partial charge < -0.3 is 9.42 Å². The lowest BCUT2D eigenvalue weighted by Crippen LogP contribution is -2.19. The van der Waals surface area contributed by atoms with Crippen LogP contribution in [0.5, 0.6) is 0 Å². The molecule has 2 heterocycles.